The number of pyridine rings is 1. The molecule has 0 aliphatic carbocycles. The molecule has 11 heteroatoms. The van der Waals surface area contributed by atoms with Crippen LogP contribution < -0.4 is 0 Å². The van der Waals surface area contributed by atoms with Gasteiger partial charge in [0, 0.05) is 21.4 Å². The Balaban J connectivity index is 1.96. The van der Waals surface area contributed by atoms with E-state index in [2.05, 4.69) is 37.7 Å². The second-order valence-corrected chi connectivity index (χ2v) is 8.04. The summed E-state index contributed by atoms with van der Waals surface area (Å²) in [6, 6.07) is 7.40. The van der Waals surface area contributed by atoms with Crippen molar-refractivity contribution in [3.05, 3.63) is 67.6 Å². The summed E-state index contributed by atoms with van der Waals surface area (Å²) in [4.78, 5) is 20.1. The minimum atomic E-state index is -4.72. The molecule has 1 unspecified atom stereocenters. The Morgan fingerprint density at radius 3 is 2.73 bits per heavy atom. The largest absolute Gasteiger partial charge is 0.460 e. The molecule has 0 N–H and O–H groups in total. The highest BCUT2D eigenvalue weighted by Gasteiger charge is 2.37. The number of carbonyl (C=O) groups excluding carboxylic acids is 1. The van der Waals surface area contributed by atoms with Crippen molar-refractivity contribution in [3.63, 3.8) is 0 Å². The van der Waals surface area contributed by atoms with Gasteiger partial charge < -0.3 is 4.74 Å². The summed E-state index contributed by atoms with van der Waals surface area (Å²) in [5.41, 5.74) is 0.456. The summed E-state index contributed by atoms with van der Waals surface area (Å²) in [6.45, 7) is 1.79. The molecule has 3 aromatic rings. The third-order valence-electron chi connectivity index (χ3n) is 4.34. The third kappa shape index (κ3) is 3.69. The molecule has 0 amide bonds. The first-order chi connectivity index (χ1) is 14.2. The lowest BCUT2D eigenvalue weighted by molar-refractivity contribution is -0.141. The normalized spacial score (nSPS) is 15.9. The molecule has 4 rings (SSSR count). The van der Waals surface area contributed by atoms with E-state index in [0.717, 1.165) is 19.9 Å². The molecule has 0 bridgehead atoms. The molecule has 30 heavy (non-hydrogen) atoms. The van der Waals surface area contributed by atoms with Gasteiger partial charge in [0.25, 0.3) is 0 Å². The second-order valence-electron chi connectivity index (χ2n) is 6.39. The summed E-state index contributed by atoms with van der Waals surface area (Å²) >= 11 is 8.23. The van der Waals surface area contributed by atoms with Gasteiger partial charge in [-0.05, 0) is 59.3 Å². The van der Waals surface area contributed by atoms with Crippen LogP contribution in [0.5, 0.6) is 0 Å². The van der Waals surface area contributed by atoms with Crippen molar-refractivity contribution in [1.29, 1.82) is 0 Å². The number of aromatic nitrogens is 3. The summed E-state index contributed by atoms with van der Waals surface area (Å²) in [7, 11) is 0. The number of carbonyl (C=O) groups is 1. The number of alkyl halides is 3. The number of ether oxygens (including phenoxy) is 1. The lowest BCUT2D eigenvalue weighted by Gasteiger charge is -2.24. The van der Waals surface area contributed by atoms with Gasteiger partial charge >= 0.3 is 6.18 Å². The summed E-state index contributed by atoms with van der Waals surface area (Å²) in [5.74, 6) is -0.211. The Kier molecular flexibility index (Phi) is 5.30. The van der Waals surface area contributed by atoms with Crippen LogP contribution in [0.25, 0.3) is 5.82 Å². The van der Waals surface area contributed by atoms with Gasteiger partial charge in [0.15, 0.2) is 23.9 Å². The van der Waals surface area contributed by atoms with Crippen molar-refractivity contribution in [2.24, 2.45) is 4.99 Å². The number of rotatable bonds is 3. The number of aldehydes is 1. The molecule has 0 saturated carbocycles. The molecule has 0 spiro atoms. The average molecular weight is 547 g/mol. The van der Waals surface area contributed by atoms with E-state index in [1.807, 2.05) is 6.07 Å². The molecule has 0 radical (unpaired) electrons. The van der Waals surface area contributed by atoms with E-state index >= 15 is 0 Å². The van der Waals surface area contributed by atoms with Gasteiger partial charge in [-0.15, -0.1) is 0 Å². The van der Waals surface area contributed by atoms with Gasteiger partial charge in [0.05, 0.1) is 10.7 Å². The van der Waals surface area contributed by atoms with Crippen LogP contribution in [0.4, 0.5) is 18.9 Å². The number of hydrogen-bond acceptors (Lipinski definition) is 5. The third-order valence-corrected chi connectivity index (χ3v) is 5.25. The van der Waals surface area contributed by atoms with E-state index < -0.39 is 18.0 Å². The Morgan fingerprint density at radius 1 is 1.30 bits per heavy atom. The maximum Gasteiger partial charge on any atom is 0.435 e. The van der Waals surface area contributed by atoms with Crippen LogP contribution in [-0.2, 0) is 15.7 Å². The van der Waals surface area contributed by atoms with Crippen LogP contribution >= 0.6 is 34.2 Å². The van der Waals surface area contributed by atoms with Crippen LogP contribution in [0, 0.1) is 10.5 Å². The van der Waals surface area contributed by atoms with Crippen LogP contribution in [-0.4, -0.2) is 26.9 Å². The molecule has 0 fully saturated rings. The molecule has 1 aliphatic heterocycles. The van der Waals surface area contributed by atoms with Crippen LogP contribution in [0.2, 0.25) is 5.02 Å². The van der Waals surface area contributed by atoms with Crippen molar-refractivity contribution in [2.45, 2.75) is 19.2 Å². The summed E-state index contributed by atoms with van der Waals surface area (Å²) < 4.78 is 47.6. The van der Waals surface area contributed by atoms with Crippen molar-refractivity contribution in [1.82, 2.24) is 14.8 Å². The first-order valence-corrected chi connectivity index (χ1v) is 9.94. The number of benzene rings is 1. The monoisotopic (exact) mass is 546 g/mol. The van der Waals surface area contributed by atoms with Gasteiger partial charge in [0.2, 0.25) is 5.90 Å². The van der Waals surface area contributed by atoms with Crippen molar-refractivity contribution >= 4 is 52.1 Å². The van der Waals surface area contributed by atoms with Gasteiger partial charge in [0.1, 0.15) is 5.69 Å². The number of hydrogen-bond donors (Lipinski definition) is 0. The predicted molar refractivity (Wildman–Crippen MR) is 111 cm³/mol. The quantitative estimate of drug-likeness (QED) is 0.335. The number of aryl methyl sites for hydroxylation is 1. The maximum atomic E-state index is 13.4. The Morgan fingerprint density at radius 2 is 2.07 bits per heavy atom. The van der Waals surface area contributed by atoms with Crippen LogP contribution in [0.1, 0.15) is 28.6 Å². The van der Waals surface area contributed by atoms with Crippen molar-refractivity contribution in [2.75, 3.05) is 0 Å². The molecular weight excluding hydrogens is 536 g/mol. The Hall–Kier alpha value is -2.47. The molecule has 1 aliphatic rings. The average Bonchev–Trinajstić information content (AvgIpc) is 3.13. The zero-order chi connectivity index (χ0) is 21.6. The van der Waals surface area contributed by atoms with Gasteiger partial charge in [-0.1, -0.05) is 11.6 Å². The fraction of sp³-hybridized carbons (Fsp3) is 0.158. The van der Waals surface area contributed by atoms with E-state index in [1.165, 1.54) is 18.3 Å². The first-order valence-electron chi connectivity index (χ1n) is 8.48. The molecule has 0 saturated heterocycles. The first kappa shape index (κ1) is 20.8. The van der Waals surface area contributed by atoms with Gasteiger partial charge in [-0.25, -0.2) is 14.7 Å². The topological polar surface area (TPSA) is 69.4 Å². The highest BCUT2D eigenvalue weighted by atomic mass is 127. The van der Waals surface area contributed by atoms with Crippen molar-refractivity contribution in [3.8, 4) is 5.82 Å². The Labute approximate surface area is 186 Å². The molecule has 1 atom stereocenters. The second kappa shape index (κ2) is 7.65. The lowest BCUT2D eigenvalue weighted by atomic mass is 10.0. The molecular formula is C19H11ClF3IN4O2. The summed E-state index contributed by atoms with van der Waals surface area (Å²) in [5, 5.41) is 3.71. The van der Waals surface area contributed by atoms with E-state index in [0.29, 0.717) is 17.5 Å². The van der Waals surface area contributed by atoms with E-state index in [-0.39, 0.29) is 22.4 Å². The fourth-order valence-corrected chi connectivity index (χ4v) is 4.03. The lowest BCUT2D eigenvalue weighted by Crippen LogP contribution is -2.21. The van der Waals surface area contributed by atoms with Crippen LogP contribution in [0.15, 0.2) is 41.5 Å². The number of nitrogens with zero attached hydrogens (tertiary/aromatic N) is 4. The number of halogens is 5. The predicted octanol–water partition coefficient (Wildman–Crippen LogP) is 5.20. The highest BCUT2D eigenvalue weighted by Crippen LogP contribution is 2.38. The van der Waals surface area contributed by atoms with Gasteiger partial charge in [-0.2, -0.15) is 18.3 Å². The zero-order valence-corrected chi connectivity index (χ0v) is 18.0. The Bertz CT molecular complexity index is 1190. The molecule has 3 heterocycles. The maximum absolute atomic E-state index is 13.4. The van der Waals surface area contributed by atoms with Crippen molar-refractivity contribution < 1.29 is 22.7 Å². The summed E-state index contributed by atoms with van der Waals surface area (Å²) in [6.07, 6.45) is -3.80. The minimum Gasteiger partial charge on any atom is -0.460 e. The number of fused-ring (bicyclic) bond motifs is 1. The minimum absolute atomic E-state index is 0.0243. The van der Waals surface area contributed by atoms with E-state index in [1.54, 1.807) is 13.0 Å². The standard InChI is InChI=1S/C19H11ClF3IN4O2/c1-9-5-10(24)6-11-14(8-29)30-18(26-16(9)11)13-7-15(19(21,22)23)27-28(13)17-12(20)3-2-4-25-17/h2-8,14H,1H3. The van der Waals surface area contributed by atoms with E-state index in [4.69, 9.17) is 16.3 Å². The number of aliphatic imine (C=N–C) groups is 1. The smallest absolute Gasteiger partial charge is 0.435 e. The fourth-order valence-electron chi connectivity index (χ4n) is 3.03. The van der Waals surface area contributed by atoms with E-state index in [9.17, 15) is 18.0 Å². The van der Waals surface area contributed by atoms with Crippen LogP contribution in [0.3, 0.4) is 0 Å². The SMILES string of the molecule is Cc1cc(I)cc2c1N=C(c1cc(C(F)(F)F)nn1-c1ncccc1Cl)OC2C=O. The molecule has 6 nitrogen and oxygen atoms in total. The molecule has 154 valence electrons. The zero-order valence-electron chi connectivity index (χ0n) is 15.1. The van der Waals surface area contributed by atoms with Gasteiger partial charge in [-0.3, -0.25) is 4.79 Å². The molecule has 2 aromatic heterocycles. The molecule has 1 aromatic carbocycles. The highest BCUT2D eigenvalue weighted by molar-refractivity contribution is 14.1.